The molecule has 0 radical (unpaired) electrons. The molecular formula is C12H15N5O2. The number of aryl methyl sites for hydroxylation is 1. The molecule has 100 valence electrons. The highest BCUT2D eigenvalue weighted by Gasteiger charge is 2.26. The molecule has 0 saturated carbocycles. The fourth-order valence-corrected chi connectivity index (χ4v) is 2.63. The van der Waals surface area contributed by atoms with Crippen molar-refractivity contribution in [1.29, 1.82) is 0 Å². The molecule has 1 aliphatic carbocycles. The van der Waals surface area contributed by atoms with Crippen LogP contribution in [0.25, 0.3) is 11.3 Å². The van der Waals surface area contributed by atoms with E-state index in [1.54, 1.807) is 10.9 Å². The minimum atomic E-state index is -0.394. The van der Waals surface area contributed by atoms with E-state index in [1.165, 1.54) is 0 Å². The number of nitrogens with two attached hydrogens (primary N) is 1. The quantitative estimate of drug-likeness (QED) is 0.682. The second kappa shape index (κ2) is 4.51. The highest BCUT2D eigenvalue weighted by Crippen LogP contribution is 2.34. The average Bonchev–Trinajstić information content (AvgIpc) is 2.94. The van der Waals surface area contributed by atoms with E-state index in [0.29, 0.717) is 12.2 Å². The fourth-order valence-electron chi connectivity index (χ4n) is 2.63. The first-order chi connectivity index (χ1) is 9.20. The van der Waals surface area contributed by atoms with E-state index in [0.717, 1.165) is 35.4 Å². The Labute approximate surface area is 109 Å². The minimum absolute atomic E-state index is 0.00266. The third-order valence-electron chi connectivity index (χ3n) is 3.39. The Hall–Kier alpha value is -2.15. The maximum absolute atomic E-state index is 11.1. The molecule has 0 bridgehead atoms. The molecule has 2 heterocycles. The first kappa shape index (κ1) is 11.9. The molecule has 4 N–H and O–H groups in total. The number of aliphatic hydroxyl groups excluding tert-OH is 1. The summed E-state index contributed by atoms with van der Waals surface area (Å²) in [5, 5.41) is 20.6. The standard InChI is InChI=1S/C12H15N5O2/c13-11(19)5-10-7-1-2-9-8(6-14-15-9)12(7)17(16-10)3-4-18/h6,18H,1-5H2,(H2,13,19)(H,14,15). The van der Waals surface area contributed by atoms with Crippen LogP contribution >= 0.6 is 0 Å². The van der Waals surface area contributed by atoms with Gasteiger partial charge >= 0.3 is 0 Å². The molecule has 7 heteroatoms. The number of nitrogens with zero attached hydrogens (tertiary/aromatic N) is 3. The lowest BCUT2D eigenvalue weighted by molar-refractivity contribution is -0.117. The molecule has 0 aromatic carbocycles. The summed E-state index contributed by atoms with van der Waals surface area (Å²) in [6.45, 7) is 0.392. The van der Waals surface area contributed by atoms with Crippen LogP contribution in [0.2, 0.25) is 0 Å². The van der Waals surface area contributed by atoms with E-state index in [-0.39, 0.29) is 13.0 Å². The van der Waals surface area contributed by atoms with Crippen LogP contribution in [0, 0.1) is 0 Å². The summed E-state index contributed by atoms with van der Waals surface area (Å²) in [5.74, 6) is -0.394. The third-order valence-corrected chi connectivity index (χ3v) is 3.39. The second-order valence-electron chi connectivity index (χ2n) is 4.63. The van der Waals surface area contributed by atoms with E-state index in [1.807, 2.05) is 0 Å². The smallest absolute Gasteiger partial charge is 0.223 e. The van der Waals surface area contributed by atoms with Gasteiger partial charge in [0.2, 0.25) is 5.91 Å². The number of rotatable bonds is 4. The summed E-state index contributed by atoms with van der Waals surface area (Å²) < 4.78 is 1.74. The first-order valence-electron chi connectivity index (χ1n) is 6.21. The Morgan fingerprint density at radius 2 is 2.37 bits per heavy atom. The maximum Gasteiger partial charge on any atom is 0.223 e. The average molecular weight is 261 g/mol. The Morgan fingerprint density at radius 3 is 3.11 bits per heavy atom. The molecule has 0 saturated heterocycles. The van der Waals surface area contributed by atoms with Crippen LogP contribution in [-0.2, 0) is 30.6 Å². The van der Waals surface area contributed by atoms with Crippen molar-refractivity contribution in [3.8, 4) is 11.3 Å². The maximum atomic E-state index is 11.1. The van der Waals surface area contributed by atoms with Crippen molar-refractivity contribution in [1.82, 2.24) is 20.0 Å². The van der Waals surface area contributed by atoms with Gasteiger partial charge in [0, 0.05) is 16.8 Å². The summed E-state index contributed by atoms with van der Waals surface area (Å²) >= 11 is 0. The summed E-state index contributed by atoms with van der Waals surface area (Å²) in [6.07, 6.45) is 3.54. The molecule has 1 aliphatic rings. The Morgan fingerprint density at radius 1 is 1.53 bits per heavy atom. The van der Waals surface area contributed by atoms with Crippen molar-refractivity contribution in [2.24, 2.45) is 5.73 Å². The highest BCUT2D eigenvalue weighted by molar-refractivity contribution is 5.78. The molecule has 0 unspecified atom stereocenters. The molecule has 7 nitrogen and oxygen atoms in total. The number of primary amides is 1. The zero-order chi connectivity index (χ0) is 13.4. The van der Waals surface area contributed by atoms with Gasteiger partial charge in [-0.3, -0.25) is 14.6 Å². The molecule has 0 atom stereocenters. The molecular weight excluding hydrogens is 246 g/mol. The van der Waals surface area contributed by atoms with Gasteiger partial charge in [-0.1, -0.05) is 0 Å². The first-order valence-corrected chi connectivity index (χ1v) is 6.21. The predicted octanol–water partition coefficient (Wildman–Crippen LogP) is -0.608. The van der Waals surface area contributed by atoms with Crippen LogP contribution in [0.1, 0.15) is 17.0 Å². The number of aromatic amines is 1. The number of aromatic nitrogens is 4. The van der Waals surface area contributed by atoms with Gasteiger partial charge in [-0.15, -0.1) is 0 Å². The lowest BCUT2D eigenvalue weighted by atomic mass is 9.93. The van der Waals surface area contributed by atoms with Crippen molar-refractivity contribution in [3.63, 3.8) is 0 Å². The van der Waals surface area contributed by atoms with Crippen LogP contribution < -0.4 is 5.73 Å². The van der Waals surface area contributed by atoms with E-state index in [4.69, 9.17) is 10.8 Å². The van der Waals surface area contributed by atoms with Crippen molar-refractivity contribution >= 4 is 5.91 Å². The molecule has 19 heavy (non-hydrogen) atoms. The lowest BCUT2D eigenvalue weighted by Crippen LogP contribution is -2.15. The summed E-state index contributed by atoms with van der Waals surface area (Å²) in [4.78, 5) is 11.1. The Bertz CT molecular complexity index is 628. The third kappa shape index (κ3) is 1.91. The lowest BCUT2D eigenvalue weighted by Gasteiger charge is -2.14. The Balaban J connectivity index is 2.13. The van der Waals surface area contributed by atoms with Gasteiger partial charge in [-0.2, -0.15) is 10.2 Å². The van der Waals surface area contributed by atoms with E-state index >= 15 is 0 Å². The number of carbonyl (C=O) groups is 1. The number of nitrogens with one attached hydrogen (secondary N) is 1. The van der Waals surface area contributed by atoms with Crippen molar-refractivity contribution < 1.29 is 9.90 Å². The van der Waals surface area contributed by atoms with Gasteiger partial charge < -0.3 is 10.8 Å². The van der Waals surface area contributed by atoms with Crippen LogP contribution in [-0.4, -0.2) is 37.6 Å². The van der Waals surface area contributed by atoms with Gasteiger partial charge in [-0.25, -0.2) is 0 Å². The number of aliphatic hydroxyl groups is 1. The fraction of sp³-hybridized carbons (Fsp3) is 0.417. The van der Waals surface area contributed by atoms with E-state index in [9.17, 15) is 4.79 Å². The number of hydrogen-bond donors (Lipinski definition) is 3. The van der Waals surface area contributed by atoms with E-state index < -0.39 is 5.91 Å². The number of carbonyl (C=O) groups excluding carboxylic acids is 1. The van der Waals surface area contributed by atoms with Gasteiger partial charge in [0.15, 0.2) is 0 Å². The molecule has 1 amide bonds. The molecule has 3 rings (SSSR count). The topological polar surface area (TPSA) is 110 Å². The largest absolute Gasteiger partial charge is 0.394 e. The molecule has 2 aromatic rings. The second-order valence-corrected chi connectivity index (χ2v) is 4.63. The van der Waals surface area contributed by atoms with Gasteiger partial charge in [0.1, 0.15) is 0 Å². The zero-order valence-electron chi connectivity index (χ0n) is 10.4. The number of H-pyrrole nitrogens is 1. The van der Waals surface area contributed by atoms with Crippen molar-refractivity contribution in [2.75, 3.05) is 6.61 Å². The van der Waals surface area contributed by atoms with Gasteiger partial charge in [0.05, 0.1) is 37.2 Å². The van der Waals surface area contributed by atoms with Crippen LogP contribution in [0.5, 0.6) is 0 Å². The molecule has 0 aliphatic heterocycles. The van der Waals surface area contributed by atoms with Crippen LogP contribution in [0.3, 0.4) is 0 Å². The van der Waals surface area contributed by atoms with Gasteiger partial charge in [0.25, 0.3) is 0 Å². The van der Waals surface area contributed by atoms with Crippen molar-refractivity contribution in [2.45, 2.75) is 25.8 Å². The van der Waals surface area contributed by atoms with E-state index in [2.05, 4.69) is 15.3 Å². The van der Waals surface area contributed by atoms with Crippen LogP contribution in [0.15, 0.2) is 6.20 Å². The summed E-state index contributed by atoms with van der Waals surface area (Å²) in [5.41, 5.74) is 10.0. The zero-order valence-corrected chi connectivity index (χ0v) is 10.4. The summed E-state index contributed by atoms with van der Waals surface area (Å²) in [6, 6.07) is 0. The number of fused-ring (bicyclic) bond motifs is 3. The van der Waals surface area contributed by atoms with Gasteiger partial charge in [-0.05, 0) is 12.8 Å². The molecule has 0 fully saturated rings. The number of hydrogen-bond acceptors (Lipinski definition) is 4. The van der Waals surface area contributed by atoms with Crippen molar-refractivity contribution in [3.05, 3.63) is 23.1 Å². The molecule has 2 aromatic heterocycles. The monoisotopic (exact) mass is 261 g/mol. The Kier molecular flexibility index (Phi) is 2.83. The summed E-state index contributed by atoms with van der Waals surface area (Å²) in [7, 11) is 0. The highest BCUT2D eigenvalue weighted by atomic mass is 16.3. The SMILES string of the molecule is NC(=O)Cc1nn(CCO)c2c1CCc1[nH]ncc1-2. The predicted molar refractivity (Wildman–Crippen MR) is 67.2 cm³/mol. The molecule has 0 spiro atoms. The number of amides is 1. The van der Waals surface area contributed by atoms with Crippen LogP contribution in [0.4, 0.5) is 0 Å². The normalized spacial score (nSPS) is 13.1. The minimum Gasteiger partial charge on any atom is -0.394 e.